The van der Waals surface area contributed by atoms with Gasteiger partial charge in [0.15, 0.2) is 5.82 Å². The zero-order valence-electron chi connectivity index (χ0n) is 17.2. The summed E-state index contributed by atoms with van der Waals surface area (Å²) in [6.07, 6.45) is 1.90. The van der Waals surface area contributed by atoms with E-state index in [4.69, 9.17) is 11.6 Å². The largest absolute Gasteiger partial charge is 0.285 e. The molecule has 4 aromatic rings. The summed E-state index contributed by atoms with van der Waals surface area (Å²) in [4.78, 5) is 2.47. The lowest BCUT2D eigenvalue weighted by Gasteiger charge is -2.35. The SMILES string of the molecule is Clc1ccc([C@@H](c2nnnn2CCc2ccccc2)N2CCc3ccccc3C2)cc1. The van der Waals surface area contributed by atoms with Crippen molar-refractivity contribution < 1.29 is 0 Å². The molecule has 6 heteroatoms. The van der Waals surface area contributed by atoms with E-state index in [2.05, 4.69) is 81.1 Å². The van der Waals surface area contributed by atoms with Crippen LogP contribution in [0.4, 0.5) is 0 Å². The number of hydrogen-bond donors (Lipinski definition) is 0. The Morgan fingerprint density at radius 1 is 0.871 bits per heavy atom. The Labute approximate surface area is 187 Å². The molecule has 0 N–H and O–H groups in total. The van der Waals surface area contributed by atoms with Gasteiger partial charge in [0.1, 0.15) is 0 Å². The predicted molar refractivity (Wildman–Crippen MR) is 122 cm³/mol. The normalized spacial score (nSPS) is 14.9. The van der Waals surface area contributed by atoms with Gasteiger partial charge in [0.05, 0.1) is 6.04 Å². The standard InChI is InChI=1S/C25H24ClN5/c26-23-12-10-21(11-13-23)24(30-16-15-20-8-4-5-9-22(20)18-30)25-27-28-29-31(25)17-14-19-6-2-1-3-7-19/h1-13,24H,14-18H2/t24-/m0/s1. The van der Waals surface area contributed by atoms with Crippen molar-refractivity contribution in [1.82, 2.24) is 25.1 Å². The van der Waals surface area contributed by atoms with Gasteiger partial charge in [-0.15, -0.1) is 5.10 Å². The predicted octanol–water partition coefficient (Wildman–Crippen LogP) is 4.72. The third-order valence-electron chi connectivity index (χ3n) is 5.97. The van der Waals surface area contributed by atoms with Crippen LogP contribution in [-0.2, 0) is 25.9 Å². The van der Waals surface area contributed by atoms with Gasteiger partial charge in [-0.1, -0.05) is 78.3 Å². The molecule has 0 unspecified atom stereocenters. The third kappa shape index (κ3) is 4.38. The molecule has 0 radical (unpaired) electrons. The van der Waals surface area contributed by atoms with Gasteiger partial charge in [0.25, 0.3) is 0 Å². The van der Waals surface area contributed by atoms with Crippen LogP contribution in [0.3, 0.4) is 0 Å². The molecule has 3 aromatic carbocycles. The molecule has 156 valence electrons. The van der Waals surface area contributed by atoms with E-state index in [9.17, 15) is 0 Å². The lowest BCUT2D eigenvalue weighted by Crippen LogP contribution is -2.36. The minimum absolute atomic E-state index is 0.0311. The molecule has 0 amide bonds. The van der Waals surface area contributed by atoms with Crippen LogP contribution < -0.4 is 0 Å². The van der Waals surface area contributed by atoms with Crippen LogP contribution in [0.25, 0.3) is 0 Å². The van der Waals surface area contributed by atoms with Crippen LogP contribution in [0.5, 0.6) is 0 Å². The molecule has 5 rings (SSSR count). The molecule has 1 aromatic heterocycles. The van der Waals surface area contributed by atoms with Crippen molar-refractivity contribution in [3.8, 4) is 0 Å². The van der Waals surface area contributed by atoms with E-state index < -0.39 is 0 Å². The van der Waals surface area contributed by atoms with Crippen LogP contribution in [0.2, 0.25) is 5.02 Å². The van der Waals surface area contributed by atoms with E-state index in [1.54, 1.807) is 0 Å². The monoisotopic (exact) mass is 429 g/mol. The number of rotatable bonds is 6. The molecule has 1 aliphatic heterocycles. The molecule has 1 aliphatic rings. The van der Waals surface area contributed by atoms with Crippen molar-refractivity contribution in [3.63, 3.8) is 0 Å². The smallest absolute Gasteiger partial charge is 0.173 e. The van der Waals surface area contributed by atoms with Crippen LogP contribution >= 0.6 is 11.6 Å². The first-order valence-electron chi connectivity index (χ1n) is 10.6. The lowest BCUT2D eigenvalue weighted by atomic mass is 9.96. The summed E-state index contributed by atoms with van der Waals surface area (Å²) in [5.41, 5.74) is 5.23. The summed E-state index contributed by atoms with van der Waals surface area (Å²) in [5, 5.41) is 13.6. The van der Waals surface area contributed by atoms with Crippen LogP contribution in [0, 0.1) is 0 Å². The van der Waals surface area contributed by atoms with Gasteiger partial charge in [0.2, 0.25) is 0 Å². The first-order valence-corrected chi connectivity index (χ1v) is 11.0. The number of aryl methyl sites for hydroxylation is 2. The molecular formula is C25H24ClN5. The molecule has 0 fully saturated rings. The van der Waals surface area contributed by atoms with Gasteiger partial charge in [-0.2, -0.15) is 0 Å². The highest BCUT2D eigenvalue weighted by Gasteiger charge is 2.30. The van der Waals surface area contributed by atoms with E-state index in [1.807, 2.05) is 22.9 Å². The molecule has 1 atom stereocenters. The van der Waals surface area contributed by atoms with Gasteiger partial charge in [-0.3, -0.25) is 4.90 Å². The highest BCUT2D eigenvalue weighted by atomic mass is 35.5. The number of benzene rings is 3. The van der Waals surface area contributed by atoms with E-state index in [0.717, 1.165) is 48.9 Å². The van der Waals surface area contributed by atoms with Gasteiger partial charge >= 0.3 is 0 Å². The fourth-order valence-corrected chi connectivity index (χ4v) is 4.48. The zero-order chi connectivity index (χ0) is 21.0. The van der Waals surface area contributed by atoms with Gasteiger partial charge in [-0.25, -0.2) is 4.68 Å². The maximum absolute atomic E-state index is 6.18. The second kappa shape index (κ2) is 9.00. The van der Waals surface area contributed by atoms with Crippen LogP contribution in [0.1, 0.15) is 34.1 Å². The number of hydrogen-bond acceptors (Lipinski definition) is 4. The summed E-state index contributed by atoms with van der Waals surface area (Å²) in [7, 11) is 0. The number of tetrazole rings is 1. The van der Waals surface area contributed by atoms with Crippen molar-refractivity contribution in [2.75, 3.05) is 6.54 Å². The van der Waals surface area contributed by atoms with E-state index >= 15 is 0 Å². The molecule has 0 spiro atoms. The van der Waals surface area contributed by atoms with Crippen molar-refractivity contribution in [1.29, 1.82) is 0 Å². The minimum atomic E-state index is -0.0311. The Kier molecular flexibility index (Phi) is 5.78. The number of fused-ring (bicyclic) bond motifs is 1. The summed E-state index contributed by atoms with van der Waals surface area (Å²) >= 11 is 6.18. The maximum Gasteiger partial charge on any atom is 0.173 e. The first-order chi connectivity index (χ1) is 15.3. The van der Waals surface area contributed by atoms with E-state index in [-0.39, 0.29) is 6.04 Å². The van der Waals surface area contributed by atoms with E-state index in [0.29, 0.717) is 0 Å². The average molecular weight is 430 g/mol. The van der Waals surface area contributed by atoms with Crippen LogP contribution in [-0.4, -0.2) is 31.7 Å². The van der Waals surface area contributed by atoms with Crippen molar-refractivity contribution in [2.24, 2.45) is 0 Å². The highest BCUT2D eigenvalue weighted by Crippen LogP contribution is 2.32. The topological polar surface area (TPSA) is 46.8 Å². The fraction of sp³-hybridized carbons (Fsp3) is 0.240. The van der Waals surface area contributed by atoms with Gasteiger partial charge < -0.3 is 0 Å². The average Bonchev–Trinajstić information content (AvgIpc) is 3.28. The molecular weight excluding hydrogens is 406 g/mol. The number of halogens is 1. The molecule has 2 heterocycles. The summed E-state index contributed by atoms with van der Waals surface area (Å²) in [6, 6.07) is 27.2. The Bertz CT molecular complexity index is 1140. The Balaban J connectivity index is 1.47. The molecule has 0 saturated carbocycles. The summed E-state index contributed by atoms with van der Waals surface area (Å²) in [6.45, 7) is 2.56. The Hall–Kier alpha value is -3.02. The number of aromatic nitrogens is 4. The zero-order valence-corrected chi connectivity index (χ0v) is 18.0. The molecule has 0 bridgehead atoms. The minimum Gasteiger partial charge on any atom is -0.285 e. The second-order valence-corrected chi connectivity index (χ2v) is 8.38. The maximum atomic E-state index is 6.18. The highest BCUT2D eigenvalue weighted by molar-refractivity contribution is 6.30. The van der Waals surface area contributed by atoms with Crippen molar-refractivity contribution >= 4 is 11.6 Å². The van der Waals surface area contributed by atoms with E-state index in [1.165, 1.54) is 16.7 Å². The fourth-order valence-electron chi connectivity index (χ4n) is 4.35. The lowest BCUT2D eigenvalue weighted by molar-refractivity contribution is 0.194. The molecule has 5 nitrogen and oxygen atoms in total. The third-order valence-corrected chi connectivity index (χ3v) is 6.22. The van der Waals surface area contributed by atoms with Gasteiger partial charge in [0, 0.05) is 24.7 Å². The molecule has 31 heavy (non-hydrogen) atoms. The summed E-state index contributed by atoms with van der Waals surface area (Å²) in [5.74, 6) is 0.873. The second-order valence-electron chi connectivity index (χ2n) is 7.94. The van der Waals surface area contributed by atoms with Crippen molar-refractivity contribution in [3.05, 3.63) is 112 Å². The Morgan fingerprint density at radius 2 is 1.61 bits per heavy atom. The number of nitrogens with zero attached hydrogens (tertiary/aromatic N) is 5. The van der Waals surface area contributed by atoms with Crippen molar-refractivity contribution in [2.45, 2.75) is 32.0 Å². The Morgan fingerprint density at radius 3 is 2.42 bits per heavy atom. The molecule has 0 saturated heterocycles. The van der Waals surface area contributed by atoms with Crippen LogP contribution in [0.15, 0.2) is 78.9 Å². The summed E-state index contributed by atoms with van der Waals surface area (Å²) < 4.78 is 1.95. The van der Waals surface area contributed by atoms with Gasteiger partial charge in [-0.05, 0) is 57.7 Å². The first kappa shape index (κ1) is 19.9. The molecule has 0 aliphatic carbocycles. The quantitative estimate of drug-likeness (QED) is 0.445.